The molecule has 3 heterocycles. The van der Waals surface area contributed by atoms with Gasteiger partial charge in [-0.15, -0.1) is 0 Å². The first-order chi connectivity index (χ1) is 13.2. The normalized spacial score (nSPS) is 13.2. The van der Waals surface area contributed by atoms with Crippen LogP contribution < -0.4 is 4.90 Å². The second-order valence-corrected chi connectivity index (χ2v) is 6.66. The average molecular weight is 357 g/mol. The molecule has 6 heteroatoms. The Morgan fingerprint density at radius 1 is 1.04 bits per heavy atom. The zero-order chi connectivity index (χ0) is 18.4. The average Bonchev–Trinajstić information content (AvgIpc) is 3.10. The molecule has 2 aromatic carbocycles. The Hall–Kier alpha value is -3.41. The van der Waals surface area contributed by atoms with Gasteiger partial charge in [-0.2, -0.15) is 0 Å². The molecular formula is C21H16FN5. The molecular weight excluding hydrogens is 341 g/mol. The third kappa shape index (κ3) is 2.70. The third-order valence-electron chi connectivity index (χ3n) is 4.82. The molecule has 0 N–H and O–H groups in total. The standard InChI is InChI=1S/C21H16FN5/c1-13-2-5-17-16(10-13)21(26-20(25-17)18-12-23-7-8-24-18)27-9-6-14-3-4-15(22)11-19(14)27/h2-5,7-8,10-12H,6,9H2,1H3. The van der Waals surface area contributed by atoms with E-state index in [1.165, 1.54) is 6.07 Å². The summed E-state index contributed by atoms with van der Waals surface area (Å²) in [6.07, 6.45) is 5.75. The molecule has 0 atom stereocenters. The zero-order valence-corrected chi connectivity index (χ0v) is 14.7. The third-order valence-corrected chi connectivity index (χ3v) is 4.82. The summed E-state index contributed by atoms with van der Waals surface area (Å²) in [5.74, 6) is 1.04. The lowest BCUT2D eigenvalue weighted by Crippen LogP contribution is -2.16. The van der Waals surface area contributed by atoms with Gasteiger partial charge in [-0.1, -0.05) is 17.7 Å². The van der Waals surface area contributed by atoms with Gasteiger partial charge in [0.2, 0.25) is 0 Å². The minimum Gasteiger partial charge on any atom is -0.325 e. The first kappa shape index (κ1) is 15.8. The van der Waals surface area contributed by atoms with Crippen LogP contribution in [-0.2, 0) is 6.42 Å². The van der Waals surface area contributed by atoms with Gasteiger partial charge in [-0.25, -0.2) is 19.3 Å². The number of aryl methyl sites for hydroxylation is 1. The summed E-state index contributed by atoms with van der Waals surface area (Å²) in [5, 5.41) is 0.944. The van der Waals surface area contributed by atoms with Gasteiger partial charge in [-0.05, 0) is 43.2 Å². The van der Waals surface area contributed by atoms with E-state index in [-0.39, 0.29) is 5.82 Å². The molecule has 27 heavy (non-hydrogen) atoms. The summed E-state index contributed by atoms with van der Waals surface area (Å²) in [5.41, 5.74) is 4.55. The van der Waals surface area contributed by atoms with Crippen molar-refractivity contribution in [3.63, 3.8) is 0 Å². The van der Waals surface area contributed by atoms with Crippen molar-refractivity contribution in [1.82, 2.24) is 19.9 Å². The van der Waals surface area contributed by atoms with Crippen molar-refractivity contribution in [3.05, 3.63) is 71.9 Å². The summed E-state index contributed by atoms with van der Waals surface area (Å²) in [6, 6.07) is 11.0. The van der Waals surface area contributed by atoms with Crippen LogP contribution in [0.15, 0.2) is 55.0 Å². The second kappa shape index (κ2) is 6.09. The number of nitrogens with zero attached hydrogens (tertiary/aromatic N) is 5. The Morgan fingerprint density at radius 3 is 2.81 bits per heavy atom. The molecule has 0 unspecified atom stereocenters. The molecule has 0 saturated heterocycles. The largest absolute Gasteiger partial charge is 0.325 e. The molecule has 0 fully saturated rings. The monoisotopic (exact) mass is 357 g/mol. The minimum absolute atomic E-state index is 0.246. The molecule has 0 aliphatic carbocycles. The fourth-order valence-electron chi connectivity index (χ4n) is 3.53. The lowest BCUT2D eigenvalue weighted by molar-refractivity contribution is 0.628. The molecule has 0 amide bonds. The number of rotatable bonds is 2. The van der Waals surface area contributed by atoms with Crippen LogP contribution in [-0.4, -0.2) is 26.5 Å². The maximum absolute atomic E-state index is 13.9. The fourth-order valence-corrected chi connectivity index (χ4v) is 3.53. The molecule has 132 valence electrons. The molecule has 0 spiro atoms. The maximum Gasteiger partial charge on any atom is 0.182 e. The summed E-state index contributed by atoms with van der Waals surface area (Å²) in [4.78, 5) is 20.0. The van der Waals surface area contributed by atoms with Gasteiger partial charge >= 0.3 is 0 Å². The minimum atomic E-state index is -0.246. The summed E-state index contributed by atoms with van der Waals surface area (Å²) >= 11 is 0. The first-order valence-electron chi connectivity index (χ1n) is 8.80. The Balaban J connectivity index is 1.76. The molecule has 1 aliphatic heterocycles. The highest BCUT2D eigenvalue weighted by molar-refractivity contribution is 5.94. The van der Waals surface area contributed by atoms with Crippen molar-refractivity contribution in [3.8, 4) is 11.5 Å². The molecule has 0 saturated carbocycles. The maximum atomic E-state index is 13.9. The number of benzene rings is 2. The summed E-state index contributed by atoms with van der Waals surface area (Å²) < 4.78 is 13.9. The van der Waals surface area contributed by atoms with Crippen molar-refractivity contribution in [2.45, 2.75) is 13.3 Å². The molecule has 1 aliphatic rings. The zero-order valence-electron chi connectivity index (χ0n) is 14.7. The lowest BCUT2D eigenvalue weighted by atomic mass is 10.1. The van der Waals surface area contributed by atoms with Crippen molar-refractivity contribution in [1.29, 1.82) is 0 Å². The number of aromatic nitrogens is 4. The van der Waals surface area contributed by atoms with Gasteiger partial charge in [0.15, 0.2) is 5.82 Å². The summed E-state index contributed by atoms with van der Waals surface area (Å²) in [7, 11) is 0. The van der Waals surface area contributed by atoms with Gasteiger partial charge in [-0.3, -0.25) is 4.98 Å². The van der Waals surface area contributed by atoms with Gasteiger partial charge < -0.3 is 4.90 Å². The van der Waals surface area contributed by atoms with E-state index >= 15 is 0 Å². The van der Waals surface area contributed by atoms with Crippen molar-refractivity contribution < 1.29 is 4.39 Å². The van der Waals surface area contributed by atoms with Crippen LogP contribution in [0.2, 0.25) is 0 Å². The van der Waals surface area contributed by atoms with Crippen LogP contribution >= 0.6 is 0 Å². The Morgan fingerprint density at radius 2 is 1.96 bits per heavy atom. The van der Waals surface area contributed by atoms with E-state index < -0.39 is 0 Å². The van der Waals surface area contributed by atoms with Crippen LogP contribution in [0.3, 0.4) is 0 Å². The van der Waals surface area contributed by atoms with E-state index in [4.69, 9.17) is 4.98 Å². The van der Waals surface area contributed by atoms with E-state index in [9.17, 15) is 4.39 Å². The second-order valence-electron chi connectivity index (χ2n) is 6.66. The highest BCUT2D eigenvalue weighted by Gasteiger charge is 2.25. The van der Waals surface area contributed by atoms with Gasteiger partial charge in [0.1, 0.15) is 17.3 Å². The van der Waals surface area contributed by atoms with Crippen molar-refractivity contribution in [2.24, 2.45) is 0 Å². The van der Waals surface area contributed by atoms with E-state index in [0.29, 0.717) is 11.5 Å². The van der Waals surface area contributed by atoms with Crippen LogP contribution in [0.1, 0.15) is 11.1 Å². The number of fused-ring (bicyclic) bond motifs is 2. The number of hydrogen-bond acceptors (Lipinski definition) is 5. The van der Waals surface area contributed by atoms with Crippen LogP contribution in [0, 0.1) is 12.7 Å². The summed E-state index contributed by atoms with van der Waals surface area (Å²) in [6.45, 7) is 2.79. The van der Waals surface area contributed by atoms with E-state index in [1.54, 1.807) is 24.7 Å². The molecule has 5 nitrogen and oxygen atoms in total. The van der Waals surface area contributed by atoms with Crippen molar-refractivity contribution >= 4 is 22.4 Å². The number of anilines is 2. The SMILES string of the molecule is Cc1ccc2nc(-c3cnccn3)nc(N3CCc4ccc(F)cc43)c2c1. The number of halogens is 1. The van der Waals surface area contributed by atoms with Crippen molar-refractivity contribution in [2.75, 3.05) is 11.4 Å². The van der Waals surface area contributed by atoms with Crippen LogP contribution in [0.5, 0.6) is 0 Å². The Kier molecular flexibility index (Phi) is 3.57. The van der Waals surface area contributed by atoms with Gasteiger partial charge in [0.05, 0.1) is 11.7 Å². The first-order valence-corrected chi connectivity index (χ1v) is 8.80. The molecule has 2 aromatic heterocycles. The molecule has 4 aromatic rings. The van der Waals surface area contributed by atoms with E-state index in [2.05, 4.69) is 25.9 Å². The van der Waals surface area contributed by atoms with Gasteiger partial charge in [0.25, 0.3) is 0 Å². The van der Waals surface area contributed by atoms with Crippen LogP contribution in [0.25, 0.3) is 22.4 Å². The van der Waals surface area contributed by atoms with E-state index in [0.717, 1.165) is 46.5 Å². The predicted octanol–water partition coefficient (Wildman–Crippen LogP) is 4.23. The topological polar surface area (TPSA) is 54.8 Å². The Labute approximate surface area is 155 Å². The molecule has 5 rings (SSSR count). The predicted molar refractivity (Wildman–Crippen MR) is 102 cm³/mol. The number of hydrogen-bond donors (Lipinski definition) is 0. The van der Waals surface area contributed by atoms with Crippen LogP contribution in [0.4, 0.5) is 15.9 Å². The highest BCUT2D eigenvalue weighted by atomic mass is 19.1. The van der Waals surface area contributed by atoms with Gasteiger partial charge in [0, 0.05) is 30.0 Å². The smallest absolute Gasteiger partial charge is 0.182 e. The van der Waals surface area contributed by atoms with E-state index in [1.807, 2.05) is 25.1 Å². The Bertz CT molecular complexity index is 1160. The highest BCUT2D eigenvalue weighted by Crippen LogP contribution is 2.38. The lowest BCUT2D eigenvalue weighted by Gasteiger charge is -2.21. The quantitative estimate of drug-likeness (QED) is 0.537. The molecule has 0 bridgehead atoms. The molecule has 0 radical (unpaired) electrons. The fraction of sp³-hybridized carbons (Fsp3) is 0.143.